The van der Waals surface area contributed by atoms with Crippen molar-refractivity contribution in [1.82, 2.24) is 5.32 Å². The van der Waals surface area contributed by atoms with Gasteiger partial charge >= 0.3 is 0 Å². The van der Waals surface area contributed by atoms with E-state index in [0.29, 0.717) is 19.3 Å². The molecule has 112 valence electrons. The summed E-state index contributed by atoms with van der Waals surface area (Å²) in [6, 6.07) is 10.8. The minimum absolute atomic E-state index is 0.318. The van der Waals surface area contributed by atoms with Gasteiger partial charge in [-0.15, -0.1) is 23.1 Å². The highest BCUT2D eigenvalue weighted by Crippen LogP contribution is 2.34. The van der Waals surface area contributed by atoms with E-state index in [0.717, 1.165) is 23.8 Å². The molecular weight excluding hydrogens is 302 g/mol. The van der Waals surface area contributed by atoms with E-state index in [1.807, 2.05) is 17.8 Å². The first kappa shape index (κ1) is 14.8. The van der Waals surface area contributed by atoms with Crippen molar-refractivity contribution in [3.05, 3.63) is 41.3 Å². The van der Waals surface area contributed by atoms with E-state index in [2.05, 4.69) is 41.9 Å². The standard InChI is InChI=1S/C16H19NO2S2/c1-2-17-13(11-21-16-4-3-9-20-16)12-5-6-14-15(10-12)19-8-7-18-14/h3-6,9-10,13,17H,2,7-8,11H2,1H3. The van der Waals surface area contributed by atoms with E-state index in [1.165, 1.54) is 9.77 Å². The van der Waals surface area contributed by atoms with Crippen molar-refractivity contribution in [2.75, 3.05) is 25.5 Å². The quantitative estimate of drug-likeness (QED) is 0.816. The Kier molecular flexibility index (Phi) is 5.06. The maximum absolute atomic E-state index is 5.69. The summed E-state index contributed by atoms with van der Waals surface area (Å²) >= 11 is 3.68. The molecule has 5 heteroatoms. The molecule has 3 nitrogen and oxygen atoms in total. The lowest BCUT2D eigenvalue weighted by molar-refractivity contribution is 0.171. The van der Waals surface area contributed by atoms with Gasteiger partial charge in [-0.05, 0) is 35.7 Å². The van der Waals surface area contributed by atoms with E-state index in [1.54, 1.807) is 11.3 Å². The monoisotopic (exact) mass is 321 g/mol. The van der Waals surface area contributed by atoms with Gasteiger partial charge < -0.3 is 14.8 Å². The molecule has 0 fully saturated rings. The number of hydrogen-bond donors (Lipinski definition) is 1. The molecule has 0 amide bonds. The number of nitrogens with one attached hydrogen (secondary N) is 1. The van der Waals surface area contributed by atoms with Crippen molar-refractivity contribution in [3.8, 4) is 11.5 Å². The van der Waals surface area contributed by atoms with Crippen molar-refractivity contribution in [2.45, 2.75) is 17.2 Å². The molecule has 0 spiro atoms. The van der Waals surface area contributed by atoms with Gasteiger partial charge in [-0.2, -0.15) is 0 Å². The zero-order valence-electron chi connectivity index (χ0n) is 12.0. The van der Waals surface area contributed by atoms with Gasteiger partial charge in [0.25, 0.3) is 0 Å². The molecule has 21 heavy (non-hydrogen) atoms. The Bertz CT molecular complexity index is 572. The summed E-state index contributed by atoms with van der Waals surface area (Å²) in [5.41, 5.74) is 1.25. The molecule has 0 saturated carbocycles. The van der Waals surface area contributed by atoms with Gasteiger partial charge in [0, 0.05) is 11.8 Å². The van der Waals surface area contributed by atoms with Crippen LogP contribution < -0.4 is 14.8 Å². The van der Waals surface area contributed by atoms with Gasteiger partial charge in [-0.3, -0.25) is 0 Å². The van der Waals surface area contributed by atoms with E-state index >= 15 is 0 Å². The molecule has 0 bridgehead atoms. The van der Waals surface area contributed by atoms with Crippen LogP contribution in [0.4, 0.5) is 0 Å². The normalized spacial score (nSPS) is 14.9. The van der Waals surface area contributed by atoms with Crippen molar-refractivity contribution in [3.63, 3.8) is 0 Å². The Morgan fingerprint density at radius 3 is 2.86 bits per heavy atom. The highest BCUT2D eigenvalue weighted by molar-refractivity contribution is 8.01. The lowest BCUT2D eigenvalue weighted by atomic mass is 10.1. The molecule has 2 heterocycles. The number of benzene rings is 1. The lowest BCUT2D eigenvalue weighted by Gasteiger charge is -2.22. The van der Waals surface area contributed by atoms with Gasteiger partial charge in [-0.25, -0.2) is 0 Å². The molecule has 0 radical (unpaired) electrons. The molecule has 1 aromatic heterocycles. The molecule has 1 N–H and O–H groups in total. The maximum atomic E-state index is 5.69. The number of hydrogen-bond acceptors (Lipinski definition) is 5. The fourth-order valence-corrected chi connectivity index (χ4v) is 4.21. The summed E-state index contributed by atoms with van der Waals surface area (Å²) in [5.74, 6) is 2.72. The highest BCUT2D eigenvalue weighted by Gasteiger charge is 2.17. The smallest absolute Gasteiger partial charge is 0.161 e. The third kappa shape index (κ3) is 3.73. The third-order valence-corrected chi connectivity index (χ3v) is 5.53. The summed E-state index contributed by atoms with van der Waals surface area (Å²) in [7, 11) is 0. The zero-order valence-corrected chi connectivity index (χ0v) is 13.6. The van der Waals surface area contributed by atoms with Crippen LogP contribution in [-0.4, -0.2) is 25.5 Å². The largest absolute Gasteiger partial charge is 0.486 e. The van der Waals surface area contributed by atoms with Crippen LogP contribution in [0.5, 0.6) is 11.5 Å². The van der Waals surface area contributed by atoms with Crippen molar-refractivity contribution in [2.24, 2.45) is 0 Å². The molecule has 3 rings (SSSR count). The van der Waals surface area contributed by atoms with Crippen molar-refractivity contribution >= 4 is 23.1 Å². The van der Waals surface area contributed by atoms with Gasteiger partial charge in [0.2, 0.25) is 0 Å². The fourth-order valence-electron chi connectivity index (χ4n) is 2.31. The summed E-state index contributed by atoms with van der Waals surface area (Å²) in [4.78, 5) is 0. The van der Waals surface area contributed by atoms with Crippen LogP contribution >= 0.6 is 23.1 Å². The minimum Gasteiger partial charge on any atom is -0.486 e. The second-order valence-corrected chi connectivity index (χ2v) is 7.02. The molecular formula is C16H19NO2S2. The maximum Gasteiger partial charge on any atom is 0.161 e. The van der Waals surface area contributed by atoms with Crippen LogP contribution in [-0.2, 0) is 0 Å². The first-order chi connectivity index (χ1) is 10.4. The van der Waals surface area contributed by atoms with Crippen LogP contribution in [0.1, 0.15) is 18.5 Å². The molecule has 0 saturated heterocycles. The van der Waals surface area contributed by atoms with Crippen LogP contribution in [0.2, 0.25) is 0 Å². The Morgan fingerprint density at radius 1 is 1.24 bits per heavy atom. The average Bonchev–Trinajstić information content (AvgIpc) is 3.04. The summed E-state index contributed by atoms with van der Waals surface area (Å²) in [6.45, 7) is 4.36. The summed E-state index contributed by atoms with van der Waals surface area (Å²) in [5, 5.41) is 5.68. The van der Waals surface area contributed by atoms with Gasteiger partial charge in [-0.1, -0.05) is 19.1 Å². The third-order valence-electron chi connectivity index (χ3n) is 3.31. The SMILES string of the molecule is CCNC(CSc1cccs1)c1ccc2c(c1)OCCO2. The second-order valence-electron chi connectivity index (χ2n) is 4.76. The average molecular weight is 321 g/mol. The van der Waals surface area contributed by atoms with Crippen LogP contribution in [0.15, 0.2) is 39.9 Å². The van der Waals surface area contributed by atoms with Gasteiger partial charge in [0.15, 0.2) is 11.5 Å². The number of thiophene rings is 1. The number of rotatable bonds is 6. The number of thioether (sulfide) groups is 1. The van der Waals surface area contributed by atoms with E-state index < -0.39 is 0 Å². The van der Waals surface area contributed by atoms with Crippen LogP contribution in [0.25, 0.3) is 0 Å². The van der Waals surface area contributed by atoms with E-state index in [-0.39, 0.29) is 0 Å². The second kappa shape index (κ2) is 7.20. The number of fused-ring (bicyclic) bond motifs is 1. The molecule has 1 unspecified atom stereocenters. The highest BCUT2D eigenvalue weighted by atomic mass is 32.2. The van der Waals surface area contributed by atoms with E-state index in [4.69, 9.17) is 9.47 Å². The Hall–Kier alpha value is -1.17. The number of ether oxygens (including phenoxy) is 2. The molecule has 1 aromatic carbocycles. The molecule has 1 aliphatic rings. The first-order valence-corrected chi connectivity index (χ1v) is 9.02. The van der Waals surface area contributed by atoms with E-state index in [9.17, 15) is 0 Å². The molecule has 0 aliphatic carbocycles. The van der Waals surface area contributed by atoms with Gasteiger partial charge in [0.05, 0.1) is 4.21 Å². The van der Waals surface area contributed by atoms with Crippen LogP contribution in [0, 0.1) is 0 Å². The van der Waals surface area contributed by atoms with Gasteiger partial charge in [0.1, 0.15) is 13.2 Å². The predicted molar refractivity (Wildman–Crippen MR) is 88.9 cm³/mol. The van der Waals surface area contributed by atoms with Crippen molar-refractivity contribution in [1.29, 1.82) is 0 Å². The Balaban J connectivity index is 1.73. The predicted octanol–water partition coefficient (Wildman–Crippen LogP) is 3.96. The molecule has 2 aromatic rings. The summed E-state index contributed by atoms with van der Waals surface area (Å²) < 4.78 is 12.6. The first-order valence-electron chi connectivity index (χ1n) is 7.16. The Labute approximate surface area is 133 Å². The Morgan fingerprint density at radius 2 is 2.10 bits per heavy atom. The summed E-state index contributed by atoms with van der Waals surface area (Å²) in [6.07, 6.45) is 0. The minimum atomic E-state index is 0.318. The topological polar surface area (TPSA) is 30.5 Å². The molecule has 1 aliphatic heterocycles. The molecule has 1 atom stereocenters. The zero-order chi connectivity index (χ0) is 14.5. The fraction of sp³-hybridized carbons (Fsp3) is 0.375. The lowest BCUT2D eigenvalue weighted by Crippen LogP contribution is -2.23. The van der Waals surface area contributed by atoms with Crippen LogP contribution in [0.3, 0.4) is 0 Å². The van der Waals surface area contributed by atoms with Crippen molar-refractivity contribution < 1.29 is 9.47 Å².